The number of hydrogen-bond acceptors (Lipinski definition) is 2. The van der Waals surface area contributed by atoms with Crippen LogP contribution in [0.1, 0.15) is 48.5 Å². The minimum absolute atomic E-state index is 0.0104. The van der Waals surface area contributed by atoms with E-state index in [1.54, 1.807) is 6.07 Å². The Balaban J connectivity index is 1.34. The molecule has 2 heterocycles. The van der Waals surface area contributed by atoms with Gasteiger partial charge >= 0.3 is 0 Å². The molecule has 0 bridgehead atoms. The molecule has 0 saturated carbocycles. The molecule has 134 valence electrons. The second-order valence-electron chi connectivity index (χ2n) is 6.98. The van der Waals surface area contributed by atoms with Crippen molar-refractivity contribution in [3.05, 3.63) is 69.8 Å². The van der Waals surface area contributed by atoms with Gasteiger partial charge in [0.15, 0.2) is 0 Å². The first-order valence-corrected chi connectivity index (χ1v) is 9.27. The molecule has 1 amide bonds. The second-order valence-corrected chi connectivity index (χ2v) is 6.98. The summed E-state index contributed by atoms with van der Waals surface area (Å²) < 4.78 is 0. The Morgan fingerprint density at radius 2 is 2.08 bits per heavy atom. The van der Waals surface area contributed by atoms with Crippen molar-refractivity contribution in [3.63, 3.8) is 0 Å². The highest BCUT2D eigenvalue weighted by Gasteiger charge is 2.22. The molecule has 0 spiro atoms. The lowest BCUT2D eigenvalue weighted by atomic mass is 9.91. The topological polar surface area (TPSA) is 77.8 Å². The van der Waals surface area contributed by atoms with Crippen molar-refractivity contribution in [1.29, 1.82) is 0 Å². The highest BCUT2D eigenvalue weighted by atomic mass is 16.1. The Bertz CT molecular complexity index is 986. The summed E-state index contributed by atoms with van der Waals surface area (Å²) in [6.07, 6.45) is 7.02. The fourth-order valence-corrected chi connectivity index (χ4v) is 3.89. The number of nitrogens with one attached hydrogen (secondary N) is 3. The molecule has 3 aromatic rings. The Labute approximate surface area is 151 Å². The van der Waals surface area contributed by atoms with Crippen LogP contribution in [0.5, 0.6) is 0 Å². The zero-order chi connectivity index (χ0) is 17.9. The van der Waals surface area contributed by atoms with Crippen LogP contribution in [0.3, 0.4) is 0 Å². The number of H-pyrrole nitrogens is 2. The van der Waals surface area contributed by atoms with Crippen molar-refractivity contribution in [2.75, 3.05) is 0 Å². The van der Waals surface area contributed by atoms with Gasteiger partial charge in [-0.1, -0.05) is 18.2 Å². The third-order valence-electron chi connectivity index (χ3n) is 5.19. The largest absolute Gasteiger partial charge is 0.361 e. The number of aromatic nitrogens is 2. The van der Waals surface area contributed by atoms with Gasteiger partial charge in [-0.3, -0.25) is 9.59 Å². The van der Waals surface area contributed by atoms with Crippen molar-refractivity contribution < 1.29 is 4.79 Å². The van der Waals surface area contributed by atoms with Gasteiger partial charge in [-0.2, -0.15) is 0 Å². The van der Waals surface area contributed by atoms with Crippen LogP contribution < -0.4 is 10.9 Å². The quantitative estimate of drug-likeness (QED) is 0.660. The Kier molecular flexibility index (Phi) is 4.61. The molecule has 1 atom stereocenters. The molecule has 3 N–H and O–H groups in total. The number of carbonyl (C=O) groups is 1. The molecule has 0 radical (unpaired) electrons. The number of fused-ring (bicyclic) bond motifs is 2. The van der Waals surface area contributed by atoms with Crippen molar-refractivity contribution in [2.45, 2.75) is 44.6 Å². The van der Waals surface area contributed by atoms with Crippen LogP contribution in [0.2, 0.25) is 0 Å². The summed E-state index contributed by atoms with van der Waals surface area (Å²) in [5, 5.41) is 4.38. The molecular weight excluding hydrogens is 326 g/mol. The van der Waals surface area contributed by atoms with E-state index in [0.29, 0.717) is 6.42 Å². The van der Waals surface area contributed by atoms with Crippen LogP contribution in [0.4, 0.5) is 0 Å². The Morgan fingerprint density at radius 3 is 3.00 bits per heavy atom. The van der Waals surface area contributed by atoms with Crippen molar-refractivity contribution in [2.24, 2.45) is 0 Å². The van der Waals surface area contributed by atoms with Crippen LogP contribution in [0.25, 0.3) is 10.9 Å². The van der Waals surface area contributed by atoms with Crippen LogP contribution in [0.15, 0.2) is 47.4 Å². The van der Waals surface area contributed by atoms with E-state index in [1.165, 1.54) is 10.9 Å². The van der Waals surface area contributed by atoms with Crippen molar-refractivity contribution >= 4 is 16.8 Å². The van der Waals surface area contributed by atoms with E-state index in [1.807, 2.05) is 24.4 Å². The van der Waals surface area contributed by atoms with Gasteiger partial charge in [0.25, 0.3) is 0 Å². The molecule has 0 aliphatic heterocycles. The minimum atomic E-state index is -0.0746. The van der Waals surface area contributed by atoms with Crippen LogP contribution in [-0.2, 0) is 17.6 Å². The zero-order valence-corrected chi connectivity index (χ0v) is 14.7. The molecule has 1 aromatic carbocycles. The fourth-order valence-electron chi connectivity index (χ4n) is 3.89. The normalized spacial score (nSPS) is 16.4. The van der Waals surface area contributed by atoms with E-state index in [0.717, 1.165) is 48.9 Å². The molecular formula is C21H23N3O2. The SMILES string of the molecule is O=C(CCCc1c[nH]c2ccccc12)NC1CCCc2[nH]c(=O)ccc21. The average molecular weight is 349 g/mol. The lowest BCUT2D eigenvalue weighted by molar-refractivity contribution is -0.122. The van der Waals surface area contributed by atoms with Gasteiger partial charge in [0, 0.05) is 35.3 Å². The number of amides is 1. The molecule has 5 nitrogen and oxygen atoms in total. The van der Waals surface area contributed by atoms with Gasteiger partial charge in [-0.25, -0.2) is 0 Å². The third kappa shape index (κ3) is 3.43. The maximum Gasteiger partial charge on any atom is 0.248 e. The lowest BCUT2D eigenvalue weighted by Gasteiger charge is -2.25. The highest BCUT2D eigenvalue weighted by Crippen LogP contribution is 2.27. The fraction of sp³-hybridized carbons (Fsp3) is 0.333. The summed E-state index contributed by atoms with van der Waals surface area (Å²) in [6.45, 7) is 0. The van der Waals surface area contributed by atoms with Crippen LogP contribution in [-0.4, -0.2) is 15.9 Å². The second kappa shape index (κ2) is 7.20. The number of pyridine rings is 1. The van der Waals surface area contributed by atoms with Gasteiger partial charge in [0.2, 0.25) is 11.5 Å². The van der Waals surface area contributed by atoms with E-state index >= 15 is 0 Å². The first-order valence-electron chi connectivity index (χ1n) is 9.27. The smallest absolute Gasteiger partial charge is 0.248 e. The van der Waals surface area contributed by atoms with E-state index in [9.17, 15) is 9.59 Å². The van der Waals surface area contributed by atoms with Crippen molar-refractivity contribution in [3.8, 4) is 0 Å². The molecule has 1 unspecified atom stereocenters. The van der Waals surface area contributed by atoms with Gasteiger partial charge in [0.1, 0.15) is 0 Å². The van der Waals surface area contributed by atoms with Gasteiger partial charge in [-0.05, 0) is 55.4 Å². The summed E-state index contributed by atoms with van der Waals surface area (Å²) in [6, 6.07) is 11.6. The first-order chi connectivity index (χ1) is 12.7. The summed E-state index contributed by atoms with van der Waals surface area (Å²) in [5.41, 5.74) is 4.34. The average Bonchev–Trinajstić information content (AvgIpc) is 3.05. The Morgan fingerprint density at radius 1 is 1.19 bits per heavy atom. The monoisotopic (exact) mass is 349 g/mol. The molecule has 26 heavy (non-hydrogen) atoms. The maximum absolute atomic E-state index is 12.4. The third-order valence-corrected chi connectivity index (χ3v) is 5.19. The van der Waals surface area contributed by atoms with Crippen molar-refractivity contribution in [1.82, 2.24) is 15.3 Å². The summed E-state index contributed by atoms with van der Waals surface area (Å²) in [7, 11) is 0. The van der Waals surface area contributed by atoms with Gasteiger partial charge in [0.05, 0.1) is 6.04 Å². The molecule has 1 aliphatic carbocycles. The lowest BCUT2D eigenvalue weighted by Crippen LogP contribution is -2.32. The molecule has 4 rings (SSSR count). The van der Waals surface area contributed by atoms with Crippen LogP contribution in [0, 0.1) is 0 Å². The molecule has 0 saturated heterocycles. The predicted molar refractivity (Wildman–Crippen MR) is 102 cm³/mol. The number of carbonyl (C=O) groups excluding carboxylic acids is 1. The minimum Gasteiger partial charge on any atom is -0.361 e. The van der Waals surface area contributed by atoms with E-state index in [2.05, 4.69) is 27.4 Å². The van der Waals surface area contributed by atoms with Crippen LogP contribution >= 0.6 is 0 Å². The Hall–Kier alpha value is -2.82. The van der Waals surface area contributed by atoms with E-state index in [-0.39, 0.29) is 17.5 Å². The first kappa shape index (κ1) is 16.6. The number of benzene rings is 1. The number of aromatic amines is 2. The summed E-state index contributed by atoms with van der Waals surface area (Å²) >= 11 is 0. The number of para-hydroxylation sites is 1. The molecule has 2 aromatic heterocycles. The van der Waals surface area contributed by atoms with Gasteiger partial charge in [-0.15, -0.1) is 0 Å². The molecule has 0 fully saturated rings. The zero-order valence-electron chi connectivity index (χ0n) is 14.7. The number of rotatable bonds is 5. The summed E-state index contributed by atoms with van der Waals surface area (Å²) in [4.78, 5) is 30.0. The predicted octanol–water partition coefficient (Wildman–Crippen LogP) is 3.37. The number of hydrogen-bond donors (Lipinski definition) is 3. The highest BCUT2D eigenvalue weighted by molar-refractivity contribution is 5.83. The maximum atomic E-state index is 12.4. The van der Waals surface area contributed by atoms with E-state index < -0.39 is 0 Å². The molecule has 1 aliphatic rings. The number of aryl methyl sites for hydroxylation is 2. The molecule has 5 heteroatoms. The van der Waals surface area contributed by atoms with E-state index in [4.69, 9.17) is 0 Å². The standard InChI is InChI=1S/C21H23N3O2/c25-20(10-3-5-14-13-22-17-7-2-1-6-15(14)17)23-18-8-4-9-19-16(18)11-12-21(26)24-19/h1-2,6-7,11-13,18,22H,3-5,8-10H2,(H,23,25)(H,24,26). The van der Waals surface area contributed by atoms with Gasteiger partial charge < -0.3 is 15.3 Å². The summed E-state index contributed by atoms with van der Waals surface area (Å²) in [5.74, 6) is 0.0777.